The number of ether oxygens (including phenoxy) is 2. The monoisotopic (exact) mass is 801 g/mol. The lowest BCUT2D eigenvalue weighted by Crippen LogP contribution is -2.50. The van der Waals surface area contributed by atoms with Crippen molar-refractivity contribution in [1.29, 1.82) is 0 Å². The van der Waals surface area contributed by atoms with Gasteiger partial charge in [-0.25, -0.2) is 18.0 Å². The molecular formula is C40H59N5O10S. The number of carbonyl (C=O) groups excluding carboxylic acids is 4. The van der Waals surface area contributed by atoms with Gasteiger partial charge in [0.1, 0.15) is 11.6 Å². The van der Waals surface area contributed by atoms with Crippen molar-refractivity contribution in [3.05, 3.63) is 48.0 Å². The number of nitrogens with zero attached hydrogens (tertiary/aromatic N) is 2. The van der Waals surface area contributed by atoms with Gasteiger partial charge >= 0.3 is 18.2 Å². The van der Waals surface area contributed by atoms with Crippen LogP contribution in [0.15, 0.2) is 42.5 Å². The number of nitrogens with one attached hydrogen (secondary N) is 3. The molecule has 2 aliphatic heterocycles. The number of carboxylic acid groups (broad SMARTS) is 1. The van der Waals surface area contributed by atoms with E-state index in [0.29, 0.717) is 50.5 Å². The fraction of sp³-hybridized carbons (Fsp3) is 0.625. The summed E-state index contributed by atoms with van der Waals surface area (Å²) < 4.78 is 39.3. The van der Waals surface area contributed by atoms with E-state index >= 15 is 0 Å². The molecule has 15 nitrogen and oxygen atoms in total. The predicted octanol–water partition coefficient (Wildman–Crippen LogP) is 4.64. The third-order valence-electron chi connectivity index (χ3n) is 10.4. The van der Waals surface area contributed by atoms with Crippen LogP contribution in [0.25, 0.3) is 10.8 Å². The van der Waals surface area contributed by atoms with Gasteiger partial charge in [0.15, 0.2) is 0 Å². The number of sulfonamides is 1. The molecule has 2 aromatic carbocycles. The molecule has 2 saturated heterocycles. The molecule has 2 atom stereocenters. The summed E-state index contributed by atoms with van der Waals surface area (Å²) in [6.45, 7) is 8.41. The van der Waals surface area contributed by atoms with Gasteiger partial charge in [0.05, 0.1) is 18.9 Å². The number of benzene rings is 2. The second-order valence-electron chi connectivity index (χ2n) is 15.9. The molecule has 56 heavy (non-hydrogen) atoms. The van der Waals surface area contributed by atoms with Crippen molar-refractivity contribution >= 4 is 50.8 Å². The summed E-state index contributed by atoms with van der Waals surface area (Å²) >= 11 is 0. The molecule has 1 unspecified atom stereocenters. The zero-order valence-electron chi connectivity index (χ0n) is 33.1. The molecule has 2 aliphatic rings. The number of rotatable bonds is 17. The van der Waals surface area contributed by atoms with Crippen LogP contribution in [0.2, 0.25) is 0 Å². The third kappa shape index (κ3) is 14.6. The van der Waals surface area contributed by atoms with Gasteiger partial charge < -0.3 is 35.0 Å². The summed E-state index contributed by atoms with van der Waals surface area (Å²) in [5, 5.41) is 16.5. The van der Waals surface area contributed by atoms with Crippen LogP contribution in [0.1, 0.15) is 84.6 Å². The van der Waals surface area contributed by atoms with Crippen molar-refractivity contribution in [2.24, 2.45) is 17.8 Å². The highest BCUT2D eigenvalue weighted by atomic mass is 32.2. The molecule has 4 amide bonds. The largest absolute Gasteiger partial charge is 0.465 e. The zero-order chi connectivity index (χ0) is 40.9. The van der Waals surface area contributed by atoms with E-state index in [4.69, 9.17) is 9.47 Å². The van der Waals surface area contributed by atoms with E-state index in [1.807, 2.05) is 51.1 Å². The Bertz CT molecular complexity index is 1770. The van der Waals surface area contributed by atoms with Gasteiger partial charge in [0.25, 0.3) is 0 Å². The Morgan fingerprint density at radius 2 is 1.45 bits per heavy atom. The maximum atomic E-state index is 13.6. The number of hydrogen-bond donors (Lipinski definition) is 4. The average Bonchev–Trinajstić information content (AvgIpc) is 3.15. The van der Waals surface area contributed by atoms with Crippen LogP contribution in [0.3, 0.4) is 0 Å². The fourth-order valence-corrected chi connectivity index (χ4v) is 8.55. The maximum Gasteiger partial charge on any atom is 0.410 e. The summed E-state index contributed by atoms with van der Waals surface area (Å²) in [5.41, 5.74) is -0.0496. The fourth-order valence-electron chi connectivity index (χ4n) is 7.24. The van der Waals surface area contributed by atoms with E-state index < -0.39 is 45.6 Å². The van der Waals surface area contributed by atoms with Crippen molar-refractivity contribution in [2.45, 2.75) is 96.5 Å². The highest BCUT2D eigenvalue weighted by Crippen LogP contribution is 2.29. The molecule has 2 heterocycles. The number of likely N-dealkylation sites (tertiary alicyclic amines) is 2. The van der Waals surface area contributed by atoms with Gasteiger partial charge in [0, 0.05) is 38.6 Å². The van der Waals surface area contributed by atoms with Crippen LogP contribution in [-0.2, 0) is 39.6 Å². The summed E-state index contributed by atoms with van der Waals surface area (Å²) in [6, 6.07) is 11.5. The number of esters is 1. The molecule has 0 aliphatic carbocycles. The minimum atomic E-state index is -4.03. The van der Waals surface area contributed by atoms with Gasteiger partial charge in [-0.15, -0.1) is 0 Å². The van der Waals surface area contributed by atoms with E-state index in [1.54, 1.807) is 24.0 Å². The lowest BCUT2D eigenvalue weighted by molar-refractivity contribution is -0.145. The topological polar surface area (TPSA) is 201 Å². The molecule has 4 N–H and O–H groups in total. The van der Waals surface area contributed by atoms with Crippen molar-refractivity contribution in [3.8, 4) is 0 Å². The SMILES string of the molecule is CCOC(=O)[C@H](CNC(=O)CNC(=O)C(CCC1CCN(C(=O)O)CC1)CCC1CCN(C(=O)OC(C)(C)C)CC1)NS(=O)(=O)Cc1ccc2ccccc2c1. The van der Waals surface area contributed by atoms with E-state index in [1.165, 1.54) is 4.90 Å². The first-order chi connectivity index (χ1) is 26.5. The lowest BCUT2D eigenvalue weighted by Gasteiger charge is -2.34. The summed E-state index contributed by atoms with van der Waals surface area (Å²) in [6.07, 6.45) is 4.44. The Hall–Kier alpha value is -4.44. The van der Waals surface area contributed by atoms with E-state index in [-0.39, 0.29) is 43.4 Å². The molecule has 2 fully saturated rings. The summed E-state index contributed by atoms with van der Waals surface area (Å²) in [7, 11) is -4.03. The first-order valence-electron chi connectivity index (χ1n) is 19.7. The van der Waals surface area contributed by atoms with Crippen LogP contribution in [0.5, 0.6) is 0 Å². The molecular weight excluding hydrogens is 743 g/mol. The first kappa shape index (κ1) is 44.3. The number of fused-ring (bicyclic) bond motifs is 1. The number of carbonyl (C=O) groups is 5. The molecule has 310 valence electrons. The summed E-state index contributed by atoms with van der Waals surface area (Å²) in [5.74, 6) is -1.91. The van der Waals surface area contributed by atoms with Crippen molar-refractivity contribution in [1.82, 2.24) is 25.2 Å². The van der Waals surface area contributed by atoms with Gasteiger partial charge in [0.2, 0.25) is 21.8 Å². The Morgan fingerprint density at radius 1 is 0.857 bits per heavy atom. The smallest absolute Gasteiger partial charge is 0.410 e. The van der Waals surface area contributed by atoms with Crippen molar-refractivity contribution < 1.29 is 47.0 Å². The molecule has 0 radical (unpaired) electrons. The Kier molecular flexibility index (Phi) is 16.3. The summed E-state index contributed by atoms with van der Waals surface area (Å²) in [4.78, 5) is 66.3. The van der Waals surface area contributed by atoms with E-state index in [2.05, 4.69) is 15.4 Å². The minimum absolute atomic E-state index is 0.00859. The Morgan fingerprint density at radius 3 is 2.02 bits per heavy atom. The van der Waals surface area contributed by atoms with E-state index in [9.17, 15) is 37.5 Å². The second kappa shape index (κ2) is 20.6. The third-order valence-corrected chi connectivity index (χ3v) is 11.7. The minimum Gasteiger partial charge on any atom is -0.465 e. The van der Waals surface area contributed by atoms with Crippen LogP contribution in [0, 0.1) is 17.8 Å². The van der Waals surface area contributed by atoms with Gasteiger partial charge in [-0.1, -0.05) is 42.5 Å². The number of piperidine rings is 2. The van der Waals surface area contributed by atoms with Crippen LogP contribution >= 0.6 is 0 Å². The van der Waals surface area contributed by atoms with Gasteiger partial charge in [-0.05, 0) is 107 Å². The highest BCUT2D eigenvalue weighted by molar-refractivity contribution is 7.88. The number of amides is 4. The molecule has 0 spiro atoms. The second-order valence-corrected chi connectivity index (χ2v) is 17.6. The lowest BCUT2D eigenvalue weighted by atomic mass is 9.84. The number of hydrogen-bond acceptors (Lipinski definition) is 9. The normalized spacial score (nSPS) is 16.9. The van der Waals surface area contributed by atoms with E-state index in [0.717, 1.165) is 49.3 Å². The molecule has 0 aromatic heterocycles. The molecule has 0 bridgehead atoms. The Balaban J connectivity index is 1.30. The quantitative estimate of drug-likeness (QED) is 0.164. The molecule has 0 saturated carbocycles. The molecule has 2 aromatic rings. The highest BCUT2D eigenvalue weighted by Gasteiger charge is 2.30. The van der Waals surface area contributed by atoms with Gasteiger partial charge in [-0.2, -0.15) is 4.72 Å². The van der Waals surface area contributed by atoms with Crippen LogP contribution in [-0.4, -0.2) is 111 Å². The van der Waals surface area contributed by atoms with Crippen LogP contribution < -0.4 is 15.4 Å². The maximum absolute atomic E-state index is 13.6. The standard InChI is InChI=1S/C40H59N5O10S/c1-5-54-37(48)34(43-56(52,53)27-30-12-13-31-8-6-7-9-33(31)24-30)25-41-35(46)26-42-36(47)32(14-10-28-16-20-44(21-17-28)38(49)50)15-11-29-18-22-45(23-19-29)39(51)55-40(2,3)4/h6-9,12-13,24,28-29,32,34,43H,5,10-11,14-23,25-27H2,1-4H3,(H,41,46)(H,42,47)(H,49,50)/t32?,34-/m0/s1. The van der Waals surface area contributed by atoms with Crippen molar-refractivity contribution in [3.63, 3.8) is 0 Å². The molecule has 16 heteroatoms. The average molecular weight is 802 g/mol. The predicted molar refractivity (Wildman–Crippen MR) is 211 cm³/mol. The van der Waals surface area contributed by atoms with Crippen LogP contribution in [0.4, 0.5) is 9.59 Å². The zero-order valence-corrected chi connectivity index (χ0v) is 33.9. The Labute approximate surface area is 330 Å². The molecule has 4 rings (SSSR count). The van der Waals surface area contributed by atoms with Gasteiger partial charge in [-0.3, -0.25) is 14.4 Å². The van der Waals surface area contributed by atoms with Crippen molar-refractivity contribution in [2.75, 3.05) is 45.9 Å². The first-order valence-corrected chi connectivity index (χ1v) is 21.3.